The maximum atomic E-state index is 6.06. The Morgan fingerprint density at radius 3 is 2.45 bits per heavy atom. The van der Waals surface area contributed by atoms with Crippen LogP contribution in [-0.2, 0) is 13.0 Å². The van der Waals surface area contributed by atoms with Gasteiger partial charge in [-0.1, -0.05) is 48.5 Å². The fraction of sp³-hybridized carbons (Fsp3) is 0.294. The lowest BCUT2D eigenvalue weighted by atomic mass is 10.1. The number of nitrogens with one attached hydrogen (secondary N) is 1. The Morgan fingerprint density at radius 1 is 1.05 bits per heavy atom. The first-order valence-corrected chi connectivity index (χ1v) is 7.32. The molecule has 0 heterocycles. The number of hydrogen-bond donors (Lipinski definition) is 1. The molecule has 0 saturated carbocycles. The van der Waals surface area contributed by atoms with E-state index in [1.54, 1.807) is 7.11 Å². The Balaban J connectivity index is 1.94. The van der Waals surface area contributed by atoms with Crippen LogP contribution in [0.1, 0.15) is 11.1 Å². The van der Waals surface area contributed by atoms with Crippen LogP contribution in [0.3, 0.4) is 0 Å². The highest BCUT2D eigenvalue weighted by atomic mass is 35.5. The van der Waals surface area contributed by atoms with E-state index in [9.17, 15) is 0 Å². The van der Waals surface area contributed by atoms with E-state index in [4.69, 9.17) is 16.3 Å². The molecule has 1 unspecified atom stereocenters. The van der Waals surface area contributed by atoms with E-state index in [0.717, 1.165) is 24.3 Å². The number of halogens is 1. The largest absolute Gasteiger partial charge is 0.496 e. The van der Waals surface area contributed by atoms with E-state index in [1.807, 2.05) is 24.3 Å². The third-order valence-electron chi connectivity index (χ3n) is 3.28. The lowest BCUT2D eigenvalue weighted by Crippen LogP contribution is -2.32. The molecule has 0 aliphatic carbocycles. The lowest BCUT2D eigenvalue weighted by Gasteiger charge is -2.17. The van der Waals surface area contributed by atoms with Crippen molar-refractivity contribution in [3.8, 4) is 5.75 Å². The molecule has 0 radical (unpaired) electrons. The highest BCUT2D eigenvalue weighted by Crippen LogP contribution is 2.17. The van der Waals surface area contributed by atoms with Crippen LogP contribution in [0, 0.1) is 0 Å². The van der Waals surface area contributed by atoms with Gasteiger partial charge in [-0.15, -0.1) is 11.6 Å². The monoisotopic (exact) mass is 289 g/mol. The van der Waals surface area contributed by atoms with Gasteiger partial charge in [-0.25, -0.2) is 0 Å². The normalized spacial score (nSPS) is 12.1. The van der Waals surface area contributed by atoms with Crippen LogP contribution in [0.5, 0.6) is 5.75 Å². The van der Waals surface area contributed by atoms with Crippen molar-refractivity contribution < 1.29 is 4.74 Å². The van der Waals surface area contributed by atoms with Crippen LogP contribution in [-0.4, -0.2) is 19.0 Å². The van der Waals surface area contributed by atoms with Gasteiger partial charge in [0.15, 0.2) is 0 Å². The third kappa shape index (κ3) is 4.26. The molecule has 0 spiro atoms. The van der Waals surface area contributed by atoms with Gasteiger partial charge < -0.3 is 10.1 Å². The molecular weight excluding hydrogens is 270 g/mol. The summed E-state index contributed by atoms with van der Waals surface area (Å²) in [6.45, 7) is 0.758. The van der Waals surface area contributed by atoms with E-state index in [0.29, 0.717) is 5.88 Å². The van der Waals surface area contributed by atoms with Crippen molar-refractivity contribution in [2.75, 3.05) is 13.0 Å². The molecule has 1 atom stereocenters. The van der Waals surface area contributed by atoms with Crippen LogP contribution in [0.4, 0.5) is 0 Å². The number of ether oxygens (including phenoxy) is 1. The molecular formula is C17H20ClNO. The molecule has 0 bridgehead atoms. The molecule has 0 fully saturated rings. The fourth-order valence-corrected chi connectivity index (χ4v) is 2.40. The zero-order chi connectivity index (χ0) is 14.2. The quantitative estimate of drug-likeness (QED) is 0.786. The molecule has 20 heavy (non-hydrogen) atoms. The number of benzene rings is 2. The smallest absolute Gasteiger partial charge is 0.123 e. The zero-order valence-corrected chi connectivity index (χ0v) is 12.4. The highest BCUT2D eigenvalue weighted by Gasteiger charge is 2.09. The lowest BCUT2D eigenvalue weighted by molar-refractivity contribution is 0.405. The van der Waals surface area contributed by atoms with Crippen molar-refractivity contribution >= 4 is 11.6 Å². The van der Waals surface area contributed by atoms with Gasteiger partial charge in [0.05, 0.1) is 7.11 Å². The maximum absolute atomic E-state index is 6.06. The van der Waals surface area contributed by atoms with Gasteiger partial charge in [-0.3, -0.25) is 0 Å². The summed E-state index contributed by atoms with van der Waals surface area (Å²) < 4.78 is 5.36. The number of para-hydroxylation sites is 1. The van der Waals surface area contributed by atoms with Crippen molar-refractivity contribution in [1.82, 2.24) is 5.32 Å². The van der Waals surface area contributed by atoms with E-state index in [-0.39, 0.29) is 6.04 Å². The second-order valence-electron chi connectivity index (χ2n) is 4.73. The Bertz CT molecular complexity index is 515. The minimum atomic E-state index is 0.254. The predicted molar refractivity (Wildman–Crippen MR) is 84.5 cm³/mol. The Kier molecular flexibility index (Phi) is 5.90. The minimum absolute atomic E-state index is 0.254. The van der Waals surface area contributed by atoms with Gasteiger partial charge in [0.1, 0.15) is 5.75 Å². The number of rotatable bonds is 7. The number of alkyl halides is 1. The maximum Gasteiger partial charge on any atom is 0.123 e. The van der Waals surface area contributed by atoms with Gasteiger partial charge >= 0.3 is 0 Å². The molecule has 2 aromatic carbocycles. The Morgan fingerprint density at radius 2 is 1.75 bits per heavy atom. The standard InChI is InChI=1S/C17H20ClNO/c1-20-17-10-6-5-9-15(17)13-19-16(12-18)11-14-7-3-2-4-8-14/h2-10,16,19H,11-13H2,1H3. The van der Waals surface area contributed by atoms with Crippen molar-refractivity contribution in [3.05, 3.63) is 65.7 Å². The van der Waals surface area contributed by atoms with Crippen LogP contribution in [0.15, 0.2) is 54.6 Å². The second-order valence-corrected chi connectivity index (χ2v) is 5.04. The summed E-state index contributed by atoms with van der Waals surface area (Å²) >= 11 is 6.06. The SMILES string of the molecule is COc1ccccc1CNC(CCl)Cc1ccccc1. The summed E-state index contributed by atoms with van der Waals surface area (Å²) in [5.74, 6) is 1.50. The van der Waals surface area contributed by atoms with Crippen LogP contribution in [0.25, 0.3) is 0 Å². The molecule has 0 saturated heterocycles. The number of methoxy groups -OCH3 is 1. The molecule has 106 valence electrons. The van der Waals surface area contributed by atoms with Gasteiger partial charge in [-0.2, -0.15) is 0 Å². The minimum Gasteiger partial charge on any atom is -0.496 e. The van der Waals surface area contributed by atoms with Crippen LogP contribution < -0.4 is 10.1 Å². The molecule has 0 aliphatic rings. The molecule has 3 heteroatoms. The summed E-state index contributed by atoms with van der Waals surface area (Å²) in [7, 11) is 1.70. The van der Waals surface area contributed by atoms with Gasteiger partial charge in [0.25, 0.3) is 0 Å². The van der Waals surface area contributed by atoms with Crippen molar-refractivity contribution in [1.29, 1.82) is 0 Å². The first-order valence-electron chi connectivity index (χ1n) is 6.78. The molecule has 2 nitrogen and oxygen atoms in total. The van der Waals surface area contributed by atoms with Crippen molar-refractivity contribution in [3.63, 3.8) is 0 Å². The molecule has 2 aromatic rings. The highest BCUT2D eigenvalue weighted by molar-refractivity contribution is 6.18. The Hall–Kier alpha value is -1.51. The predicted octanol–water partition coefficient (Wildman–Crippen LogP) is 3.63. The van der Waals surface area contributed by atoms with Gasteiger partial charge in [-0.05, 0) is 18.1 Å². The van der Waals surface area contributed by atoms with Crippen LogP contribution in [0.2, 0.25) is 0 Å². The summed E-state index contributed by atoms with van der Waals surface area (Å²) in [5.41, 5.74) is 2.45. The third-order valence-corrected chi connectivity index (χ3v) is 3.66. The van der Waals surface area contributed by atoms with E-state index < -0.39 is 0 Å². The van der Waals surface area contributed by atoms with Crippen molar-refractivity contribution in [2.45, 2.75) is 19.0 Å². The second kappa shape index (κ2) is 7.93. The van der Waals surface area contributed by atoms with Crippen molar-refractivity contribution in [2.24, 2.45) is 0 Å². The summed E-state index contributed by atoms with van der Waals surface area (Å²) in [6.07, 6.45) is 0.930. The van der Waals surface area contributed by atoms with Gasteiger partial charge in [0, 0.05) is 24.0 Å². The van der Waals surface area contributed by atoms with Crippen LogP contribution >= 0.6 is 11.6 Å². The molecule has 0 aliphatic heterocycles. The number of hydrogen-bond acceptors (Lipinski definition) is 2. The molecule has 0 amide bonds. The summed E-state index contributed by atoms with van der Waals surface area (Å²) in [4.78, 5) is 0. The summed E-state index contributed by atoms with van der Waals surface area (Å²) in [6, 6.07) is 18.7. The van der Waals surface area contributed by atoms with Gasteiger partial charge in [0.2, 0.25) is 0 Å². The average molecular weight is 290 g/mol. The molecule has 0 aromatic heterocycles. The zero-order valence-electron chi connectivity index (χ0n) is 11.7. The first-order chi connectivity index (χ1) is 9.83. The topological polar surface area (TPSA) is 21.3 Å². The fourth-order valence-electron chi connectivity index (χ4n) is 2.18. The average Bonchev–Trinajstić information content (AvgIpc) is 2.52. The molecule has 1 N–H and O–H groups in total. The summed E-state index contributed by atoms with van der Waals surface area (Å²) in [5, 5.41) is 3.50. The van der Waals surface area contributed by atoms with E-state index >= 15 is 0 Å². The van der Waals surface area contributed by atoms with E-state index in [1.165, 1.54) is 5.56 Å². The van der Waals surface area contributed by atoms with E-state index in [2.05, 4.69) is 35.6 Å². The Labute approximate surface area is 125 Å². The molecule has 2 rings (SSSR count). The first kappa shape index (κ1) is 14.9.